The second kappa shape index (κ2) is 6.61. The molecule has 0 amide bonds. The average molecular weight is 340 g/mol. The zero-order chi connectivity index (χ0) is 17.1. The number of carboxylic acid groups (broad SMARTS) is 1. The predicted octanol–water partition coefficient (Wildman–Crippen LogP) is 1.88. The highest BCUT2D eigenvalue weighted by Crippen LogP contribution is 2.28. The Morgan fingerprint density at radius 1 is 1.36 bits per heavy atom. The number of alkyl halides is 3. The minimum absolute atomic E-state index is 0.0369. The molecule has 22 heavy (non-hydrogen) atoms. The van der Waals surface area contributed by atoms with Gasteiger partial charge in [-0.2, -0.15) is 17.9 Å². The maximum atomic E-state index is 12.4. The molecule has 0 saturated carbocycles. The number of sulfonamides is 1. The lowest BCUT2D eigenvalue weighted by Crippen LogP contribution is -2.41. The Bertz CT molecular complexity index is 627. The second-order valence-corrected chi connectivity index (χ2v) is 6.69. The van der Waals surface area contributed by atoms with Crippen LogP contribution >= 0.6 is 0 Å². The highest BCUT2D eigenvalue weighted by atomic mass is 32.2. The van der Waals surface area contributed by atoms with Gasteiger partial charge >= 0.3 is 12.1 Å². The minimum atomic E-state index is -4.63. The van der Waals surface area contributed by atoms with Crippen molar-refractivity contribution >= 4 is 16.0 Å². The van der Waals surface area contributed by atoms with E-state index in [0.29, 0.717) is 18.3 Å². The van der Waals surface area contributed by atoms with Crippen molar-refractivity contribution in [2.45, 2.75) is 37.5 Å². The van der Waals surface area contributed by atoms with E-state index in [4.69, 9.17) is 5.11 Å². The van der Waals surface area contributed by atoms with Crippen molar-refractivity contribution in [3.05, 3.63) is 23.9 Å². The number of hydrogen-bond acceptors (Lipinski definition) is 4. The summed E-state index contributed by atoms with van der Waals surface area (Å²) in [6, 6.07) is -0.131. The number of aromatic nitrogens is 1. The molecule has 1 atom stereocenters. The Labute approximate surface area is 125 Å². The van der Waals surface area contributed by atoms with Crippen molar-refractivity contribution in [1.29, 1.82) is 0 Å². The first-order valence-corrected chi connectivity index (χ1v) is 7.70. The molecule has 2 N–H and O–H groups in total. The van der Waals surface area contributed by atoms with Gasteiger partial charge in [-0.1, -0.05) is 13.8 Å². The Morgan fingerprint density at radius 2 is 1.95 bits per heavy atom. The molecule has 0 aliphatic heterocycles. The summed E-state index contributed by atoms with van der Waals surface area (Å²) in [7, 11) is -4.32. The van der Waals surface area contributed by atoms with E-state index in [-0.39, 0.29) is 12.3 Å². The zero-order valence-corrected chi connectivity index (χ0v) is 12.6. The zero-order valence-electron chi connectivity index (χ0n) is 11.8. The molecule has 0 fully saturated rings. The standard InChI is InChI=1S/C12H15F3N2O4S/c1-7(2)5-9(11(18)19)17-22(20,21)10-4-3-8(6-16-10)12(13,14)15/h3-4,6-7,9,17H,5H2,1-2H3,(H,18,19). The van der Waals surface area contributed by atoms with Crippen LogP contribution in [0.4, 0.5) is 13.2 Å². The van der Waals surface area contributed by atoms with Gasteiger partial charge in [-0.05, 0) is 24.5 Å². The van der Waals surface area contributed by atoms with Crippen LogP contribution in [0.2, 0.25) is 0 Å². The number of aliphatic carboxylic acids is 1. The second-order valence-electron chi connectivity index (χ2n) is 5.02. The molecule has 1 aromatic heterocycles. The summed E-state index contributed by atoms with van der Waals surface area (Å²) in [4.78, 5) is 14.3. The van der Waals surface area contributed by atoms with E-state index in [2.05, 4.69) is 4.98 Å². The summed E-state index contributed by atoms with van der Waals surface area (Å²) in [5.41, 5.74) is -1.09. The van der Waals surface area contributed by atoms with Crippen LogP contribution in [0.1, 0.15) is 25.8 Å². The predicted molar refractivity (Wildman–Crippen MR) is 70.4 cm³/mol. The average Bonchev–Trinajstić information content (AvgIpc) is 2.36. The Kier molecular flexibility index (Phi) is 5.52. The molecule has 124 valence electrons. The van der Waals surface area contributed by atoms with Crippen molar-refractivity contribution < 1.29 is 31.5 Å². The lowest BCUT2D eigenvalue weighted by atomic mass is 10.1. The summed E-state index contributed by atoms with van der Waals surface area (Å²) >= 11 is 0. The fraction of sp³-hybridized carbons (Fsp3) is 0.500. The molecule has 1 unspecified atom stereocenters. The molecule has 10 heteroatoms. The maximum absolute atomic E-state index is 12.4. The third-order valence-corrected chi connectivity index (χ3v) is 4.03. The topological polar surface area (TPSA) is 96.4 Å². The van der Waals surface area contributed by atoms with Crippen LogP contribution in [0.25, 0.3) is 0 Å². The smallest absolute Gasteiger partial charge is 0.417 e. The molecule has 0 spiro atoms. The molecular formula is C12H15F3N2O4S. The summed E-state index contributed by atoms with van der Waals surface area (Å²) in [6.07, 6.45) is -4.22. The number of nitrogens with one attached hydrogen (secondary N) is 1. The normalized spacial score (nSPS) is 14.1. The summed E-state index contributed by atoms with van der Waals surface area (Å²) in [5.74, 6) is -1.46. The van der Waals surface area contributed by atoms with Gasteiger partial charge in [0.1, 0.15) is 6.04 Å². The van der Waals surface area contributed by atoms with Crippen LogP contribution in [-0.4, -0.2) is 30.5 Å². The molecule has 1 heterocycles. The summed E-state index contributed by atoms with van der Waals surface area (Å²) < 4.78 is 63.0. The first-order chi connectivity index (χ1) is 9.93. The van der Waals surface area contributed by atoms with Crippen molar-refractivity contribution in [1.82, 2.24) is 9.71 Å². The van der Waals surface area contributed by atoms with Gasteiger partial charge in [0, 0.05) is 6.20 Å². The number of pyridine rings is 1. The lowest BCUT2D eigenvalue weighted by molar-refractivity contribution is -0.139. The van der Waals surface area contributed by atoms with Gasteiger partial charge in [-0.3, -0.25) is 4.79 Å². The number of carboxylic acids is 1. The SMILES string of the molecule is CC(C)CC(NS(=O)(=O)c1ccc(C(F)(F)F)cn1)C(=O)O. The van der Waals surface area contributed by atoms with Crippen molar-refractivity contribution in [3.8, 4) is 0 Å². The van der Waals surface area contributed by atoms with E-state index >= 15 is 0 Å². The summed E-state index contributed by atoms with van der Waals surface area (Å²) in [6.45, 7) is 3.42. The Hall–Kier alpha value is -1.68. The van der Waals surface area contributed by atoms with Crippen LogP contribution in [-0.2, 0) is 21.0 Å². The monoisotopic (exact) mass is 340 g/mol. The largest absolute Gasteiger partial charge is 0.480 e. The molecule has 0 aromatic carbocycles. The Balaban J connectivity index is 3.01. The Morgan fingerprint density at radius 3 is 2.32 bits per heavy atom. The van der Waals surface area contributed by atoms with Crippen LogP contribution in [0.15, 0.2) is 23.4 Å². The lowest BCUT2D eigenvalue weighted by Gasteiger charge is -2.16. The third-order valence-electron chi connectivity index (χ3n) is 2.64. The molecule has 0 bridgehead atoms. The number of rotatable bonds is 6. The van der Waals surface area contributed by atoms with Crippen molar-refractivity contribution in [3.63, 3.8) is 0 Å². The van der Waals surface area contributed by atoms with Gasteiger partial charge in [0.15, 0.2) is 5.03 Å². The van der Waals surface area contributed by atoms with Gasteiger partial charge in [0.25, 0.3) is 10.0 Å². The molecule has 0 aliphatic rings. The van der Waals surface area contributed by atoms with Crippen LogP contribution in [0.3, 0.4) is 0 Å². The number of hydrogen-bond donors (Lipinski definition) is 2. The number of carbonyl (C=O) groups is 1. The molecule has 1 aromatic rings. The van der Waals surface area contributed by atoms with Gasteiger partial charge in [-0.25, -0.2) is 13.4 Å². The van der Waals surface area contributed by atoms with Gasteiger partial charge in [0.05, 0.1) is 5.56 Å². The van der Waals surface area contributed by atoms with E-state index in [1.807, 2.05) is 4.72 Å². The molecule has 1 rings (SSSR count). The van der Waals surface area contributed by atoms with E-state index in [1.165, 1.54) is 0 Å². The van der Waals surface area contributed by atoms with Gasteiger partial charge < -0.3 is 5.11 Å². The van der Waals surface area contributed by atoms with E-state index in [0.717, 1.165) is 0 Å². The summed E-state index contributed by atoms with van der Waals surface area (Å²) in [5, 5.41) is 8.32. The van der Waals surface area contributed by atoms with Crippen LogP contribution in [0, 0.1) is 5.92 Å². The number of nitrogens with zero attached hydrogens (tertiary/aromatic N) is 1. The number of halogens is 3. The van der Waals surface area contributed by atoms with Crippen molar-refractivity contribution in [2.75, 3.05) is 0 Å². The highest BCUT2D eigenvalue weighted by Gasteiger charge is 2.32. The minimum Gasteiger partial charge on any atom is -0.480 e. The van der Waals surface area contributed by atoms with Crippen LogP contribution < -0.4 is 4.72 Å². The van der Waals surface area contributed by atoms with E-state index in [1.54, 1.807) is 13.8 Å². The van der Waals surface area contributed by atoms with Crippen molar-refractivity contribution in [2.24, 2.45) is 5.92 Å². The molecule has 0 radical (unpaired) electrons. The van der Waals surface area contributed by atoms with E-state index < -0.39 is 38.8 Å². The van der Waals surface area contributed by atoms with Gasteiger partial charge in [0.2, 0.25) is 0 Å². The first-order valence-electron chi connectivity index (χ1n) is 6.22. The first kappa shape index (κ1) is 18.4. The van der Waals surface area contributed by atoms with Crippen LogP contribution in [0.5, 0.6) is 0 Å². The maximum Gasteiger partial charge on any atom is 0.417 e. The van der Waals surface area contributed by atoms with Gasteiger partial charge in [-0.15, -0.1) is 0 Å². The fourth-order valence-electron chi connectivity index (χ4n) is 1.63. The molecule has 0 saturated heterocycles. The fourth-order valence-corrected chi connectivity index (χ4v) is 2.76. The molecule has 0 aliphatic carbocycles. The van der Waals surface area contributed by atoms with E-state index in [9.17, 15) is 26.4 Å². The quantitative estimate of drug-likeness (QED) is 0.824. The highest BCUT2D eigenvalue weighted by molar-refractivity contribution is 7.89. The molecule has 6 nitrogen and oxygen atoms in total. The molecular weight excluding hydrogens is 325 g/mol. The third kappa shape index (κ3) is 4.95.